The molecule has 100 valence electrons. The van der Waals surface area contributed by atoms with E-state index in [1.54, 1.807) is 0 Å². The van der Waals surface area contributed by atoms with Gasteiger partial charge in [0, 0.05) is 17.8 Å². The van der Waals surface area contributed by atoms with Gasteiger partial charge in [0.05, 0.1) is 5.92 Å². The fourth-order valence-electron chi connectivity index (χ4n) is 2.31. The van der Waals surface area contributed by atoms with Gasteiger partial charge >= 0.3 is 6.18 Å². The molecule has 0 radical (unpaired) electrons. The third-order valence-corrected chi connectivity index (χ3v) is 3.59. The Kier molecular flexibility index (Phi) is 3.82. The molecular weight excluding hydrogens is 265 g/mol. The first kappa shape index (κ1) is 13.6. The number of hydrogen-bond donors (Lipinski definition) is 1. The van der Waals surface area contributed by atoms with E-state index in [0.717, 1.165) is 36.9 Å². The summed E-state index contributed by atoms with van der Waals surface area (Å²) in [6.45, 7) is -0.510. The van der Waals surface area contributed by atoms with Gasteiger partial charge < -0.3 is 5.73 Å². The van der Waals surface area contributed by atoms with E-state index in [4.69, 9.17) is 17.3 Å². The molecule has 0 fully saturated rings. The average molecular weight is 279 g/mol. The van der Waals surface area contributed by atoms with Gasteiger partial charge in [-0.25, -0.2) is 4.98 Å². The number of pyridine rings is 1. The van der Waals surface area contributed by atoms with Crippen LogP contribution in [0.3, 0.4) is 0 Å². The van der Waals surface area contributed by atoms with Crippen molar-refractivity contribution in [1.29, 1.82) is 0 Å². The summed E-state index contributed by atoms with van der Waals surface area (Å²) in [6, 6.07) is 1.54. The second kappa shape index (κ2) is 5.05. The Morgan fingerprint density at radius 3 is 2.61 bits per heavy atom. The number of halogens is 4. The van der Waals surface area contributed by atoms with E-state index < -0.39 is 18.6 Å². The minimum atomic E-state index is -4.39. The summed E-state index contributed by atoms with van der Waals surface area (Å²) in [5.74, 6) is -1.73. The minimum absolute atomic E-state index is 0.00677. The first-order chi connectivity index (χ1) is 8.43. The number of rotatable bonds is 2. The van der Waals surface area contributed by atoms with Gasteiger partial charge in [0.1, 0.15) is 5.15 Å². The Balaban J connectivity index is 2.44. The molecule has 1 atom stereocenters. The van der Waals surface area contributed by atoms with Gasteiger partial charge in [0.2, 0.25) is 0 Å². The third-order valence-electron chi connectivity index (χ3n) is 3.29. The average Bonchev–Trinajstić information content (AvgIpc) is 2.29. The molecule has 1 unspecified atom stereocenters. The van der Waals surface area contributed by atoms with Crippen molar-refractivity contribution in [2.45, 2.75) is 37.8 Å². The minimum Gasteiger partial charge on any atom is -0.330 e. The lowest BCUT2D eigenvalue weighted by molar-refractivity contribution is -0.148. The van der Waals surface area contributed by atoms with Crippen molar-refractivity contribution >= 4 is 11.6 Å². The lowest BCUT2D eigenvalue weighted by Crippen LogP contribution is -2.29. The Morgan fingerprint density at radius 2 is 2.00 bits per heavy atom. The first-order valence-electron chi connectivity index (χ1n) is 5.88. The number of fused-ring (bicyclic) bond motifs is 1. The number of aryl methyl sites for hydroxylation is 2. The Morgan fingerprint density at radius 1 is 1.33 bits per heavy atom. The molecule has 1 aromatic rings. The predicted molar refractivity (Wildman–Crippen MR) is 63.7 cm³/mol. The zero-order valence-electron chi connectivity index (χ0n) is 9.73. The van der Waals surface area contributed by atoms with Crippen molar-refractivity contribution in [2.75, 3.05) is 6.54 Å². The zero-order valence-corrected chi connectivity index (χ0v) is 10.5. The van der Waals surface area contributed by atoms with Gasteiger partial charge in [-0.15, -0.1) is 0 Å². The molecule has 0 amide bonds. The highest BCUT2D eigenvalue weighted by atomic mass is 35.5. The molecular formula is C12H14ClF3N2. The van der Waals surface area contributed by atoms with Gasteiger partial charge in [-0.2, -0.15) is 13.2 Å². The van der Waals surface area contributed by atoms with Gasteiger partial charge in [-0.3, -0.25) is 0 Å². The summed E-state index contributed by atoms with van der Waals surface area (Å²) in [5, 5.41) is -0.0663. The molecule has 0 aliphatic heterocycles. The summed E-state index contributed by atoms with van der Waals surface area (Å²) < 4.78 is 38.6. The smallest absolute Gasteiger partial charge is 0.330 e. The predicted octanol–water partition coefficient (Wildman–Crippen LogP) is 3.22. The number of nitrogens with two attached hydrogens (primary N) is 1. The largest absolute Gasteiger partial charge is 0.397 e. The Hall–Kier alpha value is -0.810. The Bertz CT molecular complexity index is 446. The first-order valence-corrected chi connectivity index (χ1v) is 6.26. The van der Waals surface area contributed by atoms with Crippen LogP contribution in [0.5, 0.6) is 0 Å². The van der Waals surface area contributed by atoms with E-state index in [1.807, 2.05) is 0 Å². The highest BCUT2D eigenvalue weighted by molar-refractivity contribution is 6.30. The van der Waals surface area contributed by atoms with Crippen LogP contribution in [0.15, 0.2) is 6.07 Å². The molecule has 1 aliphatic rings. The maximum Gasteiger partial charge on any atom is 0.397 e. The summed E-state index contributed by atoms with van der Waals surface area (Å²) in [4.78, 5) is 4.11. The Labute approximate surface area is 108 Å². The van der Waals surface area contributed by atoms with Crippen molar-refractivity contribution in [2.24, 2.45) is 5.73 Å². The highest BCUT2D eigenvalue weighted by Gasteiger charge is 2.41. The van der Waals surface area contributed by atoms with Gasteiger partial charge in [-0.1, -0.05) is 17.7 Å². The molecule has 0 saturated heterocycles. The van der Waals surface area contributed by atoms with Crippen LogP contribution in [0, 0.1) is 0 Å². The van der Waals surface area contributed by atoms with Crippen LogP contribution in [0.1, 0.15) is 35.6 Å². The monoisotopic (exact) mass is 278 g/mol. The van der Waals surface area contributed by atoms with E-state index >= 15 is 0 Å². The van der Waals surface area contributed by atoms with Gasteiger partial charge in [0.15, 0.2) is 0 Å². The lowest BCUT2D eigenvalue weighted by atomic mass is 9.91. The van der Waals surface area contributed by atoms with Crippen LogP contribution in [0.2, 0.25) is 5.15 Å². The normalized spacial score (nSPS) is 17.4. The highest BCUT2D eigenvalue weighted by Crippen LogP contribution is 2.38. The van der Waals surface area contributed by atoms with Crippen LogP contribution >= 0.6 is 11.6 Å². The molecule has 2 N–H and O–H groups in total. The SMILES string of the molecule is NCC(c1cc2c(nc1Cl)CCCC2)C(F)(F)F. The molecule has 0 saturated carbocycles. The second-order valence-corrected chi connectivity index (χ2v) is 4.87. The molecule has 1 aliphatic carbocycles. The molecule has 0 bridgehead atoms. The summed E-state index contributed by atoms with van der Waals surface area (Å²) >= 11 is 5.87. The van der Waals surface area contributed by atoms with E-state index in [-0.39, 0.29) is 10.7 Å². The van der Waals surface area contributed by atoms with Crippen molar-refractivity contribution in [3.8, 4) is 0 Å². The molecule has 18 heavy (non-hydrogen) atoms. The molecule has 1 aromatic heterocycles. The summed E-state index contributed by atoms with van der Waals surface area (Å²) in [5.41, 5.74) is 6.94. The number of aromatic nitrogens is 1. The molecule has 2 rings (SSSR count). The standard InChI is InChI=1S/C12H14ClF3N2/c13-11-8(9(6-17)12(14,15)16)5-7-3-1-2-4-10(7)18-11/h5,9H,1-4,6,17H2. The quantitative estimate of drug-likeness (QED) is 0.844. The van der Waals surface area contributed by atoms with Crippen molar-refractivity contribution < 1.29 is 13.2 Å². The van der Waals surface area contributed by atoms with Crippen LogP contribution in [-0.2, 0) is 12.8 Å². The lowest BCUT2D eigenvalue weighted by Gasteiger charge is -2.23. The third kappa shape index (κ3) is 2.62. The van der Waals surface area contributed by atoms with Crippen LogP contribution in [0.25, 0.3) is 0 Å². The van der Waals surface area contributed by atoms with Gasteiger partial charge in [0.25, 0.3) is 0 Å². The second-order valence-electron chi connectivity index (χ2n) is 4.51. The summed E-state index contributed by atoms with van der Waals surface area (Å²) in [6.07, 6.45) is -0.844. The molecule has 1 heterocycles. The van der Waals surface area contributed by atoms with E-state index in [9.17, 15) is 13.2 Å². The molecule has 0 spiro atoms. The van der Waals surface area contributed by atoms with Crippen molar-refractivity contribution in [3.63, 3.8) is 0 Å². The fourth-order valence-corrected chi connectivity index (χ4v) is 2.60. The topological polar surface area (TPSA) is 38.9 Å². The van der Waals surface area contributed by atoms with Crippen molar-refractivity contribution in [3.05, 3.63) is 28.0 Å². The summed E-state index contributed by atoms with van der Waals surface area (Å²) in [7, 11) is 0. The van der Waals surface area contributed by atoms with Crippen LogP contribution < -0.4 is 5.73 Å². The van der Waals surface area contributed by atoms with E-state index in [1.165, 1.54) is 6.07 Å². The maximum atomic E-state index is 12.9. The fraction of sp³-hybridized carbons (Fsp3) is 0.583. The molecule has 0 aromatic carbocycles. The molecule has 2 nitrogen and oxygen atoms in total. The zero-order chi connectivity index (χ0) is 13.3. The molecule has 6 heteroatoms. The van der Waals surface area contributed by atoms with Gasteiger partial charge in [-0.05, 0) is 31.2 Å². The maximum absolute atomic E-state index is 12.9. The number of hydrogen-bond acceptors (Lipinski definition) is 2. The van der Waals surface area contributed by atoms with Crippen LogP contribution in [-0.4, -0.2) is 17.7 Å². The number of nitrogens with zero attached hydrogens (tertiary/aromatic N) is 1. The van der Waals surface area contributed by atoms with Crippen LogP contribution in [0.4, 0.5) is 13.2 Å². The van der Waals surface area contributed by atoms with Crippen molar-refractivity contribution in [1.82, 2.24) is 4.98 Å². The van der Waals surface area contributed by atoms with E-state index in [2.05, 4.69) is 4.98 Å². The number of alkyl halides is 3. The van der Waals surface area contributed by atoms with E-state index in [0.29, 0.717) is 0 Å².